The van der Waals surface area contributed by atoms with Gasteiger partial charge in [0.1, 0.15) is 12.4 Å². The van der Waals surface area contributed by atoms with E-state index in [9.17, 15) is 9.59 Å². The molecule has 0 aliphatic rings. The normalized spacial score (nSPS) is 10.3. The van der Waals surface area contributed by atoms with Crippen LogP contribution < -0.4 is 10.9 Å². The summed E-state index contributed by atoms with van der Waals surface area (Å²) >= 11 is 5.11. The molecule has 0 fully saturated rings. The first-order valence-corrected chi connectivity index (χ1v) is 7.72. The van der Waals surface area contributed by atoms with Crippen LogP contribution in [0.25, 0.3) is 0 Å². The van der Waals surface area contributed by atoms with Gasteiger partial charge in [-0.1, -0.05) is 25.1 Å². The maximum Gasteiger partial charge on any atom is 0.269 e. The van der Waals surface area contributed by atoms with Crippen LogP contribution >= 0.6 is 12.2 Å². The summed E-state index contributed by atoms with van der Waals surface area (Å²) in [5.41, 5.74) is 6.15. The first-order chi connectivity index (χ1) is 11.0. The van der Waals surface area contributed by atoms with Crippen LogP contribution in [0.3, 0.4) is 0 Å². The number of nitrogens with zero attached hydrogens (tertiary/aromatic N) is 2. The quantitative estimate of drug-likeness (QED) is 0.573. The Bertz CT molecular complexity index is 765. The molecule has 2 aromatic rings. The zero-order valence-corrected chi connectivity index (χ0v) is 13.9. The largest absolute Gasteiger partial charge is 0.295 e. The number of hydrogen-bond donors (Lipinski definition) is 3. The third kappa shape index (κ3) is 4.26. The van der Waals surface area contributed by atoms with Crippen LogP contribution in [0.1, 0.15) is 35.1 Å². The number of nitrogens with one attached hydrogen (secondary N) is 3. The Kier molecular flexibility index (Phi) is 5.64. The second kappa shape index (κ2) is 7.68. The molecule has 0 spiro atoms. The zero-order valence-electron chi connectivity index (χ0n) is 13.0. The number of carbonyl (C=O) groups excluding carboxylic acids is 2. The fourth-order valence-corrected chi connectivity index (χ4v) is 2.35. The number of amides is 2. The molecule has 1 aromatic carbocycles. The predicted molar refractivity (Wildman–Crippen MR) is 88.2 cm³/mol. The molecule has 0 aliphatic carbocycles. The van der Waals surface area contributed by atoms with Crippen LogP contribution in [0.4, 0.5) is 0 Å². The highest BCUT2D eigenvalue weighted by molar-refractivity contribution is 7.71. The number of benzene rings is 1. The fraction of sp³-hybridized carbons (Fsp3) is 0.333. The first kappa shape index (κ1) is 16.9. The summed E-state index contributed by atoms with van der Waals surface area (Å²) in [7, 11) is 0. The topological polar surface area (TPSA) is 91.8 Å². The van der Waals surface area contributed by atoms with E-state index in [-0.39, 0.29) is 18.4 Å². The molecule has 122 valence electrons. The Morgan fingerprint density at radius 1 is 1.30 bits per heavy atom. The second-order valence-corrected chi connectivity index (χ2v) is 5.49. The van der Waals surface area contributed by atoms with Gasteiger partial charge >= 0.3 is 0 Å². The van der Waals surface area contributed by atoms with Crippen LogP contribution in [-0.2, 0) is 17.8 Å². The molecule has 0 saturated carbocycles. The number of aromatic nitrogens is 3. The average Bonchev–Trinajstić information content (AvgIpc) is 2.86. The van der Waals surface area contributed by atoms with Crippen molar-refractivity contribution < 1.29 is 9.59 Å². The summed E-state index contributed by atoms with van der Waals surface area (Å²) in [6, 6.07) is 7.15. The van der Waals surface area contributed by atoms with Crippen molar-refractivity contribution in [2.24, 2.45) is 0 Å². The lowest BCUT2D eigenvalue weighted by atomic mass is 10.1. The van der Waals surface area contributed by atoms with Crippen molar-refractivity contribution in [3.8, 4) is 0 Å². The number of hydrazine groups is 1. The third-order valence-electron chi connectivity index (χ3n) is 3.32. The molecule has 0 bridgehead atoms. The van der Waals surface area contributed by atoms with E-state index in [0.29, 0.717) is 10.3 Å². The number of hydrogen-bond acceptors (Lipinski definition) is 4. The van der Waals surface area contributed by atoms with Gasteiger partial charge in [0.25, 0.3) is 11.8 Å². The van der Waals surface area contributed by atoms with Crippen LogP contribution in [0.15, 0.2) is 24.3 Å². The molecular weight excluding hydrogens is 314 g/mol. The zero-order chi connectivity index (χ0) is 16.8. The van der Waals surface area contributed by atoms with Crippen molar-refractivity contribution in [1.29, 1.82) is 0 Å². The second-order valence-electron chi connectivity index (χ2n) is 5.10. The van der Waals surface area contributed by atoms with E-state index in [0.717, 1.165) is 24.2 Å². The summed E-state index contributed by atoms with van der Waals surface area (Å²) in [6.07, 6.45) is 1.61. The van der Waals surface area contributed by atoms with Crippen molar-refractivity contribution >= 4 is 24.0 Å². The highest BCUT2D eigenvalue weighted by Crippen LogP contribution is 2.06. The molecule has 8 heteroatoms. The van der Waals surface area contributed by atoms with E-state index >= 15 is 0 Å². The Morgan fingerprint density at radius 2 is 2.04 bits per heavy atom. The summed E-state index contributed by atoms with van der Waals surface area (Å²) < 4.78 is 2.00. The molecule has 3 N–H and O–H groups in total. The molecular formula is C15H19N5O2S. The average molecular weight is 333 g/mol. The van der Waals surface area contributed by atoms with Gasteiger partial charge in [0.2, 0.25) is 0 Å². The lowest BCUT2D eigenvalue weighted by Gasteiger charge is -2.10. The van der Waals surface area contributed by atoms with Crippen molar-refractivity contribution in [2.45, 2.75) is 33.2 Å². The van der Waals surface area contributed by atoms with Gasteiger partial charge in [0, 0.05) is 12.0 Å². The first-order valence-electron chi connectivity index (χ1n) is 7.31. The van der Waals surface area contributed by atoms with Gasteiger partial charge < -0.3 is 0 Å². The van der Waals surface area contributed by atoms with Crippen molar-refractivity contribution in [3.63, 3.8) is 0 Å². The van der Waals surface area contributed by atoms with Gasteiger partial charge in [0.15, 0.2) is 4.77 Å². The van der Waals surface area contributed by atoms with Crippen molar-refractivity contribution in [1.82, 2.24) is 25.6 Å². The Morgan fingerprint density at radius 3 is 2.74 bits per heavy atom. The van der Waals surface area contributed by atoms with E-state index in [1.807, 2.05) is 26.0 Å². The molecule has 1 aromatic heterocycles. The monoisotopic (exact) mass is 333 g/mol. The minimum atomic E-state index is -0.373. The molecule has 0 aliphatic heterocycles. The van der Waals surface area contributed by atoms with E-state index in [2.05, 4.69) is 21.0 Å². The molecule has 0 atom stereocenters. The van der Waals surface area contributed by atoms with Crippen molar-refractivity contribution in [2.75, 3.05) is 0 Å². The van der Waals surface area contributed by atoms with E-state index in [1.54, 1.807) is 16.7 Å². The smallest absolute Gasteiger partial charge is 0.269 e. The molecule has 0 saturated heterocycles. The maximum atomic E-state index is 12.0. The fourth-order valence-electron chi connectivity index (χ4n) is 2.13. The summed E-state index contributed by atoms with van der Waals surface area (Å²) in [5.74, 6) is -0.0133. The van der Waals surface area contributed by atoms with Gasteiger partial charge in [-0.25, -0.2) is 0 Å². The van der Waals surface area contributed by atoms with Gasteiger partial charge in [-0.2, -0.15) is 5.10 Å². The van der Waals surface area contributed by atoms with Gasteiger partial charge in [-0.3, -0.25) is 30.1 Å². The van der Waals surface area contributed by atoms with Crippen LogP contribution in [0, 0.1) is 11.7 Å². The number of H-pyrrole nitrogens is 1. The molecule has 23 heavy (non-hydrogen) atoms. The van der Waals surface area contributed by atoms with E-state index in [4.69, 9.17) is 12.2 Å². The Hall–Kier alpha value is -2.48. The predicted octanol–water partition coefficient (Wildman–Crippen LogP) is 1.66. The molecule has 1 heterocycles. The SMILES string of the molecule is CCCc1n[nH]c(=S)n1CC(=O)NNC(=O)c1ccccc1C. The summed E-state index contributed by atoms with van der Waals surface area (Å²) in [4.78, 5) is 24.0. The Labute approximate surface area is 139 Å². The maximum absolute atomic E-state index is 12.0. The van der Waals surface area contributed by atoms with Crippen LogP contribution in [0.2, 0.25) is 0 Å². The highest BCUT2D eigenvalue weighted by Gasteiger charge is 2.12. The minimum Gasteiger partial charge on any atom is -0.295 e. The van der Waals surface area contributed by atoms with Crippen molar-refractivity contribution in [3.05, 3.63) is 46.0 Å². The number of carbonyl (C=O) groups is 2. The van der Waals surface area contributed by atoms with E-state index < -0.39 is 0 Å². The summed E-state index contributed by atoms with van der Waals surface area (Å²) in [5, 5.41) is 6.77. The number of rotatable bonds is 5. The molecule has 2 rings (SSSR count). The Balaban J connectivity index is 1.96. The number of aromatic amines is 1. The van der Waals surface area contributed by atoms with Gasteiger partial charge in [0.05, 0.1) is 0 Å². The number of aryl methyl sites for hydroxylation is 2. The standard InChI is InChI=1S/C15H19N5O2S/c1-3-6-12-16-19-15(23)20(12)9-13(21)17-18-14(22)11-8-5-4-7-10(11)2/h4-5,7-8H,3,6,9H2,1-2H3,(H,17,21)(H,18,22)(H,19,23). The highest BCUT2D eigenvalue weighted by atomic mass is 32.1. The van der Waals surface area contributed by atoms with E-state index in [1.165, 1.54) is 0 Å². The van der Waals surface area contributed by atoms with Crippen LogP contribution in [0.5, 0.6) is 0 Å². The molecule has 2 amide bonds. The van der Waals surface area contributed by atoms with Gasteiger partial charge in [-0.05, 0) is 37.2 Å². The lowest BCUT2D eigenvalue weighted by molar-refractivity contribution is -0.122. The summed E-state index contributed by atoms with van der Waals surface area (Å²) in [6.45, 7) is 3.85. The molecule has 0 unspecified atom stereocenters. The third-order valence-corrected chi connectivity index (χ3v) is 3.63. The minimum absolute atomic E-state index is 0.00127. The lowest BCUT2D eigenvalue weighted by Crippen LogP contribution is -2.43. The van der Waals surface area contributed by atoms with Crippen LogP contribution in [-0.4, -0.2) is 26.6 Å². The molecule has 7 nitrogen and oxygen atoms in total. The van der Waals surface area contributed by atoms with Gasteiger partial charge in [-0.15, -0.1) is 0 Å². The molecule has 0 radical (unpaired) electrons.